The van der Waals surface area contributed by atoms with Crippen LogP contribution in [0.2, 0.25) is 0 Å². The van der Waals surface area contributed by atoms with E-state index in [0.717, 1.165) is 0 Å². The minimum atomic E-state index is -1.30. The molecule has 16 heavy (non-hydrogen) atoms. The fourth-order valence-electron chi connectivity index (χ4n) is 0.777. The highest BCUT2D eigenvalue weighted by Crippen LogP contribution is 2.05. The number of thioether (sulfide) groups is 1. The summed E-state index contributed by atoms with van der Waals surface area (Å²) in [6, 6.07) is 0. The van der Waals surface area contributed by atoms with E-state index in [1.54, 1.807) is 6.26 Å². The molecule has 0 aliphatic heterocycles. The van der Waals surface area contributed by atoms with Gasteiger partial charge in [-0.3, -0.25) is 0 Å². The lowest BCUT2D eigenvalue weighted by Crippen LogP contribution is -2.27. The average Bonchev–Trinajstić information content (AvgIpc) is 2.20. The quantitative estimate of drug-likeness (QED) is 0.496. The molecule has 0 saturated heterocycles. The van der Waals surface area contributed by atoms with Gasteiger partial charge in [0, 0.05) is 18.6 Å². The molecule has 0 fully saturated rings. The van der Waals surface area contributed by atoms with Crippen molar-refractivity contribution >= 4 is 29.7 Å². The van der Waals surface area contributed by atoms with Crippen molar-refractivity contribution in [3.8, 4) is 0 Å². The van der Waals surface area contributed by atoms with Gasteiger partial charge < -0.3 is 14.9 Å². The molecule has 0 spiro atoms. The first-order chi connectivity index (χ1) is 7.47. The number of carboxylic acid groups (broad SMARTS) is 2. The summed E-state index contributed by atoms with van der Waals surface area (Å²) in [4.78, 5) is 31.7. The van der Waals surface area contributed by atoms with Crippen molar-refractivity contribution in [2.45, 2.75) is 12.5 Å². The Bertz CT molecular complexity index is 298. The molecule has 0 aromatic carbocycles. The summed E-state index contributed by atoms with van der Waals surface area (Å²) in [5.74, 6) is -2.98. The number of carbonyl (C=O) groups is 3. The number of hydrogen-bond acceptors (Lipinski definition) is 5. The van der Waals surface area contributed by atoms with Crippen LogP contribution in [0.25, 0.3) is 0 Å². The van der Waals surface area contributed by atoms with E-state index in [0.29, 0.717) is 17.9 Å². The van der Waals surface area contributed by atoms with Crippen LogP contribution in [0.1, 0.15) is 6.42 Å². The smallest absolute Gasteiger partial charge is 0.345 e. The molecule has 0 aliphatic rings. The lowest BCUT2D eigenvalue weighted by Gasteiger charge is -2.11. The first-order valence-corrected chi connectivity index (χ1v) is 5.70. The van der Waals surface area contributed by atoms with Crippen molar-refractivity contribution in [3.63, 3.8) is 0 Å². The Labute approximate surface area is 96.3 Å². The predicted molar refractivity (Wildman–Crippen MR) is 57.3 cm³/mol. The van der Waals surface area contributed by atoms with Gasteiger partial charge in [0.15, 0.2) is 6.10 Å². The van der Waals surface area contributed by atoms with Crippen LogP contribution < -0.4 is 0 Å². The molecular formula is C9H12O6S. The van der Waals surface area contributed by atoms with E-state index < -0.39 is 24.0 Å². The van der Waals surface area contributed by atoms with Crippen molar-refractivity contribution < 1.29 is 29.3 Å². The van der Waals surface area contributed by atoms with Crippen molar-refractivity contribution in [3.05, 3.63) is 12.2 Å². The first-order valence-electron chi connectivity index (χ1n) is 4.30. The van der Waals surface area contributed by atoms with Gasteiger partial charge in [-0.25, -0.2) is 14.4 Å². The molecule has 0 aromatic heterocycles. The molecule has 0 heterocycles. The lowest BCUT2D eigenvalue weighted by atomic mass is 10.3. The molecule has 90 valence electrons. The minimum Gasteiger partial charge on any atom is -0.479 e. The predicted octanol–water partition coefficient (Wildman–Crippen LogP) is 0.377. The van der Waals surface area contributed by atoms with Gasteiger partial charge in [0.2, 0.25) is 0 Å². The number of carboxylic acids is 2. The zero-order valence-electron chi connectivity index (χ0n) is 8.58. The highest BCUT2D eigenvalue weighted by atomic mass is 32.2. The molecule has 0 saturated carbocycles. The van der Waals surface area contributed by atoms with Crippen LogP contribution >= 0.6 is 11.8 Å². The standard InChI is InChI=1S/C9H12O6S/c1-16-5-4-6(9(13)14)15-8(12)3-2-7(10)11/h2-3,6H,4-5H2,1H3,(H,10,11)(H,13,14)/b3-2+. The topological polar surface area (TPSA) is 101 Å². The molecule has 0 aliphatic carbocycles. The van der Waals surface area contributed by atoms with Crippen LogP contribution in [-0.4, -0.2) is 46.2 Å². The zero-order chi connectivity index (χ0) is 12.6. The molecule has 0 aromatic rings. The van der Waals surface area contributed by atoms with Gasteiger partial charge in [-0.05, 0) is 12.0 Å². The molecule has 0 bridgehead atoms. The molecule has 1 unspecified atom stereocenters. The maximum Gasteiger partial charge on any atom is 0.345 e. The normalized spacial score (nSPS) is 12.3. The van der Waals surface area contributed by atoms with E-state index in [1.807, 2.05) is 0 Å². The van der Waals surface area contributed by atoms with Crippen LogP contribution in [0.3, 0.4) is 0 Å². The zero-order valence-corrected chi connectivity index (χ0v) is 9.40. The Hall–Kier alpha value is -1.50. The van der Waals surface area contributed by atoms with E-state index in [2.05, 4.69) is 4.74 Å². The number of carbonyl (C=O) groups excluding carboxylic acids is 1. The first kappa shape index (κ1) is 14.5. The molecule has 1 atom stereocenters. The molecule has 6 nitrogen and oxygen atoms in total. The Morgan fingerprint density at radius 3 is 2.38 bits per heavy atom. The number of ether oxygens (including phenoxy) is 1. The molecule has 2 N–H and O–H groups in total. The average molecular weight is 248 g/mol. The summed E-state index contributed by atoms with van der Waals surface area (Å²) >= 11 is 1.43. The second-order valence-electron chi connectivity index (χ2n) is 2.72. The summed E-state index contributed by atoms with van der Waals surface area (Å²) in [7, 11) is 0. The Morgan fingerprint density at radius 2 is 1.94 bits per heavy atom. The monoisotopic (exact) mass is 248 g/mol. The number of esters is 1. The number of aliphatic carboxylic acids is 2. The van der Waals surface area contributed by atoms with Crippen LogP contribution in [0.4, 0.5) is 0 Å². The van der Waals surface area contributed by atoms with Crippen molar-refractivity contribution in [2.24, 2.45) is 0 Å². The summed E-state index contributed by atoms with van der Waals surface area (Å²) in [5, 5.41) is 16.9. The molecular weight excluding hydrogens is 236 g/mol. The lowest BCUT2D eigenvalue weighted by molar-refractivity contribution is -0.160. The Balaban J connectivity index is 4.23. The molecule has 0 amide bonds. The second kappa shape index (κ2) is 7.75. The highest BCUT2D eigenvalue weighted by Gasteiger charge is 2.20. The van der Waals surface area contributed by atoms with Gasteiger partial charge in [0.1, 0.15) is 0 Å². The Morgan fingerprint density at radius 1 is 1.31 bits per heavy atom. The third-order valence-electron chi connectivity index (χ3n) is 1.48. The van der Waals surface area contributed by atoms with Crippen LogP contribution in [0, 0.1) is 0 Å². The largest absolute Gasteiger partial charge is 0.479 e. The van der Waals surface area contributed by atoms with Crippen molar-refractivity contribution in [2.75, 3.05) is 12.0 Å². The number of hydrogen-bond donors (Lipinski definition) is 2. The number of rotatable bonds is 7. The molecule has 0 radical (unpaired) electrons. The minimum absolute atomic E-state index is 0.184. The summed E-state index contributed by atoms with van der Waals surface area (Å²) in [6.07, 6.45) is 2.01. The third kappa shape index (κ3) is 6.88. The van der Waals surface area contributed by atoms with Crippen LogP contribution in [0.5, 0.6) is 0 Å². The summed E-state index contributed by atoms with van der Waals surface area (Å²) in [5.41, 5.74) is 0. The van der Waals surface area contributed by atoms with Crippen molar-refractivity contribution in [1.82, 2.24) is 0 Å². The van der Waals surface area contributed by atoms with Gasteiger partial charge in [0.25, 0.3) is 0 Å². The van der Waals surface area contributed by atoms with Crippen molar-refractivity contribution in [1.29, 1.82) is 0 Å². The van der Waals surface area contributed by atoms with E-state index in [4.69, 9.17) is 10.2 Å². The maximum absolute atomic E-state index is 11.0. The highest BCUT2D eigenvalue weighted by molar-refractivity contribution is 7.98. The van der Waals surface area contributed by atoms with Crippen LogP contribution in [-0.2, 0) is 19.1 Å². The van der Waals surface area contributed by atoms with Crippen LogP contribution in [0.15, 0.2) is 12.2 Å². The van der Waals surface area contributed by atoms with E-state index in [9.17, 15) is 14.4 Å². The van der Waals surface area contributed by atoms with Gasteiger partial charge in [-0.15, -0.1) is 0 Å². The summed E-state index contributed by atoms with van der Waals surface area (Å²) < 4.78 is 4.56. The van der Waals surface area contributed by atoms with E-state index in [1.165, 1.54) is 11.8 Å². The second-order valence-corrected chi connectivity index (χ2v) is 3.70. The molecule has 0 rings (SSSR count). The van der Waals surface area contributed by atoms with Gasteiger partial charge >= 0.3 is 17.9 Å². The molecule has 7 heteroatoms. The van der Waals surface area contributed by atoms with Gasteiger partial charge in [0.05, 0.1) is 0 Å². The fraction of sp³-hybridized carbons (Fsp3) is 0.444. The fourth-order valence-corrected chi connectivity index (χ4v) is 1.23. The third-order valence-corrected chi connectivity index (χ3v) is 2.12. The van der Waals surface area contributed by atoms with Gasteiger partial charge in [-0.1, -0.05) is 0 Å². The SMILES string of the molecule is CSCCC(OC(=O)/C=C/C(=O)O)C(=O)O. The van der Waals surface area contributed by atoms with E-state index >= 15 is 0 Å². The van der Waals surface area contributed by atoms with E-state index in [-0.39, 0.29) is 6.42 Å². The van der Waals surface area contributed by atoms with Gasteiger partial charge in [-0.2, -0.15) is 11.8 Å². The maximum atomic E-state index is 11.0. The summed E-state index contributed by atoms with van der Waals surface area (Å²) in [6.45, 7) is 0. The Kier molecular flexibility index (Phi) is 7.02.